The zero-order valence-electron chi connectivity index (χ0n) is 16.6. The monoisotopic (exact) mass is 512 g/mol. The fraction of sp³-hybridized carbons (Fsp3) is 0.429. The van der Waals surface area contributed by atoms with Gasteiger partial charge in [0, 0.05) is 43.7 Å². The van der Waals surface area contributed by atoms with Gasteiger partial charge in [0.25, 0.3) is 0 Å². The average molecular weight is 512 g/mol. The third kappa shape index (κ3) is 6.20. The molecule has 1 N–H and O–H groups in total. The van der Waals surface area contributed by atoms with Crippen molar-refractivity contribution in [2.75, 3.05) is 31.6 Å². The summed E-state index contributed by atoms with van der Waals surface area (Å²) in [7, 11) is 2.08. The lowest BCUT2D eigenvalue weighted by molar-refractivity contribution is -0.117. The zero-order valence-corrected chi connectivity index (χ0v) is 19.7. The van der Waals surface area contributed by atoms with Crippen LogP contribution in [0.5, 0.6) is 0 Å². The summed E-state index contributed by atoms with van der Waals surface area (Å²) in [6.45, 7) is 5.32. The number of thiophene rings is 1. The first-order valence-electron chi connectivity index (χ1n) is 9.58. The van der Waals surface area contributed by atoms with Gasteiger partial charge in [0.15, 0.2) is 5.96 Å². The highest BCUT2D eigenvalue weighted by Crippen LogP contribution is 2.21. The molecule has 2 aromatic rings. The lowest BCUT2D eigenvalue weighted by atomic mass is 10.2. The molecule has 1 saturated heterocycles. The van der Waals surface area contributed by atoms with Crippen LogP contribution in [-0.4, -0.2) is 43.4 Å². The number of anilines is 1. The minimum Gasteiger partial charge on any atom is -0.357 e. The Morgan fingerprint density at radius 3 is 2.68 bits per heavy atom. The number of guanidine groups is 1. The average Bonchev–Trinajstić information content (AvgIpc) is 3.35. The van der Waals surface area contributed by atoms with Crippen molar-refractivity contribution in [3.05, 3.63) is 52.2 Å². The fourth-order valence-electron chi connectivity index (χ4n) is 3.18. The summed E-state index contributed by atoms with van der Waals surface area (Å²) in [5.74, 6) is 1.15. The van der Waals surface area contributed by atoms with E-state index < -0.39 is 0 Å². The minimum atomic E-state index is 0. The number of nitrogens with one attached hydrogen (secondary N) is 1. The molecule has 3 rings (SSSR count). The summed E-state index contributed by atoms with van der Waals surface area (Å²) >= 11 is 1.80. The standard InChI is InChI=1S/C21H28N4OS.HI/c1-3-22-21(24(2)14-12-19-6-5-15-27-19)23-16-17-8-10-18(11-9-17)25-13-4-7-20(25)26;/h5-6,8-11,15H,3-4,7,12-14,16H2,1-2H3,(H,22,23);1H. The molecule has 28 heavy (non-hydrogen) atoms. The Labute approximate surface area is 188 Å². The summed E-state index contributed by atoms with van der Waals surface area (Å²) < 4.78 is 0. The van der Waals surface area contributed by atoms with E-state index in [0.717, 1.165) is 49.7 Å². The van der Waals surface area contributed by atoms with Crippen LogP contribution in [0.3, 0.4) is 0 Å². The van der Waals surface area contributed by atoms with Gasteiger partial charge in [-0.15, -0.1) is 35.3 Å². The van der Waals surface area contributed by atoms with E-state index in [1.165, 1.54) is 4.88 Å². The third-order valence-corrected chi connectivity index (χ3v) is 5.64. The van der Waals surface area contributed by atoms with E-state index in [9.17, 15) is 4.79 Å². The molecule has 0 bridgehead atoms. The number of benzene rings is 1. The van der Waals surface area contributed by atoms with E-state index >= 15 is 0 Å². The van der Waals surface area contributed by atoms with Gasteiger partial charge in [-0.1, -0.05) is 18.2 Å². The number of likely N-dealkylation sites (N-methyl/N-ethyl adjacent to an activating group) is 1. The van der Waals surface area contributed by atoms with Crippen molar-refractivity contribution in [3.63, 3.8) is 0 Å². The van der Waals surface area contributed by atoms with E-state index in [1.54, 1.807) is 11.3 Å². The molecule has 1 amide bonds. The second-order valence-corrected chi connectivity index (χ2v) is 7.77. The molecule has 7 heteroatoms. The van der Waals surface area contributed by atoms with Crippen molar-refractivity contribution in [2.45, 2.75) is 32.7 Å². The van der Waals surface area contributed by atoms with Crippen molar-refractivity contribution in [3.8, 4) is 0 Å². The molecule has 1 aromatic carbocycles. The summed E-state index contributed by atoms with van der Waals surface area (Å²) in [5.41, 5.74) is 2.14. The molecule has 0 spiro atoms. The van der Waals surface area contributed by atoms with Crippen LogP contribution in [0.15, 0.2) is 46.8 Å². The highest BCUT2D eigenvalue weighted by molar-refractivity contribution is 14.0. The van der Waals surface area contributed by atoms with Crippen LogP contribution in [0.4, 0.5) is 5.69 Å². The highest BCUT2D eigenvalue weighted by Gasteiger charge is 2.21. The molecule has 1 aromatic heterocycles. The Morgan fingerprint density at radius 2 is 2.07 bits per heavy atom. The van der Waals surface area contributed by atoms with E-state index in [1.807, 2.05) is 17.0 Å². The second kappa shape index (κ2) is 11.4. The number of halogens is 1. The molecule has 0 saturated carbocycles. The van der Waals surface area contributed by atoms with Crippen molar-refractivity contribution in [2.24, 2.45) is 4.99 Å². The van der Waals surface area contributed by atoms with E-state index in [0.29, 0.717) is 13.0 Å². The maximum atomic E-state index is 11.9. The topological polar surface area (TPSA) is 47.9 Å². The van der Waals surface area contributed by atoms with Crippen LogP contribution < -0.4 is 10.2 Å². The number of carbonyl (C=O) groups excluding carboxylic acids is 1. The third-order valence-electron chi connectivity index (χ3n) is 4.70. The fourth-order valence-corrected chi connectivity index (χ4v) is 3.88. The smallest absolute Gasteiger partial charge is 0.227 e. The summed E-state index contributed by atoms with van der Waals surface area (Å²) in [4.78, 5) is 22.1. The van der Waals surface area contributed by atoms with Gasteiger partial charge in [0.2, 0.25) is 5.91 Å². The number of aliphatic imine (C=N–C) groups is 1. The first-order chi connectivity index (χ1) is 13.2. The maximum Gasteiger partial charge on any atom is 0.227 e. The number of carbonyl (C=O) groups is 1. The predicted octanol–water partition coefficient (Wildman–Crippen LogP) is 4.13. The van der Waals surface area contributed by atoms with Crippen LogP contribution in [0, 0.1) is 0 Å². The van der Waals surface area contributed by atoms with E-state index in [-0.39, 0.29) is 29.9 Å². The van der Waals surface area contributed by atoms with Crippen LogP contribution in [0.25, 0.3) is 0 Å². The number of nitrogens with zero attached hydrogens (tertiary/aromatic N) is 3. The van der Waals surface area contributed by atoms with Gasteiger partial charge >= 0.3 is 0 Å². The molecule has 1 aliphatic heterocycles. The maximum absolute atomic E-state index is 11.9. The normalized spacial score (nSPS) is 14.1. The first kappa shape index (κ1) is 22.7. The Morgan fingerprint density at radius 1 is 1.29 bits per heavy atom. The van der Waals surface area contributed by atoms with Gasteiger partial charge in [0.05, 0.1) is 6.54 Å². The highest BCUT2D eigenvalue weighted by atomic mass is 127. The molecular formula is C21H29IN4OS. The molecule has 0 aliphatic carbocycles. The molecular weight excluding hydrogens is 483 g/mol. The second-order valence-electron chi connectivity index (χ2n) is 6.74. The molecule has 0 unspecified atom stereocenters. The van der Waals surface area contributed by atoms with E-state index in [4.69, 9.17) is 4.99 Å². The summed E-state index contributed by atoms with van der Waals surface area (Å²) in [6.07, 6.45) is 2.64. The van der Waals surface area contributed by atoms with Crippen LogP contribution in [-0.2, 0) is 17.8 Å². The molecule has 152 valence electrons. The largest absolute Gasteiger partial charge is 0.357 e. The molecule has 1 fully saturated rings. The van der Waals surface area contributed by atoms with Gasteiger partial charge in [-0.25, -0.2) is 4.99 Å². The van der Waals surface area contributed by atoms with Crippen LogP contribution in [0.1, 0.15) is 30.2 Å². The van der Waals surface area contributed by atoms with Crippen molar-refractivity contribution in [1.82, 2.24) is 10.2 Å². The minimum absolute atomic E-state index is 0. The zero-order chi connectivity index (χ0) is 19.1. The molecule has 0 atom stereocenters. The molecule has 0 radical (unpaired) electrons. The van der Waals surface area contributed by atoms with Crippen LogP contribution in [0.2, 0.25) is 0 Å². The van der Waals surface area contributed by atoms with Crippen molar-refractivity contribution < 1.29 is 4.79 Å². The Bertz CT molecular complexity index is 761. The summed E-state index contributed by atoms with van der Waals surface area (Å²) in [5, 5.41) is 5.49. The first-order valence-corrected chi connectivity index (χ1v) is 10.5. The van der Waals surface area contributed by atoms with Crippen molar-refractivity contribution in [1.29, 1.82) is 0 Å². The van der Waals surface area contributed by atoms with Gasteiger partial charge in [-0.3, -0.25) is 4.79 Å². The van der Waals surface area contributed by atoms with Gasteiger partial charge in [-0.05, 0) is 48.9 Å². The van der Waals surface area contributed by atoms with Gasteiger partial charge in [0.1, 0.15) is 0 Å². The number of rotatable bonds is 7. The Kier molecular flexibility index (Phi) is 9.24. The Balaban J connectivity index is 0.00000280. The van der Waals surface area contributed by atoms with Crippen LogP contribution >= 0.6 is 35.3 Å². The van der Waals surface area contributed by atoms with E-state index in [2.05, 4.69) is 53.8 Å². The lowest BCUT2D eigenvalue weighted by Crippen LogP contribution is -2.39. The SMILES string of the molecule is CCNC(=NCc1ccc(N2CCCC2=O)cc1)N(C)CCc1cccs1.I. The predicted molar refractivity (Wildman–Crippen MR) is 129 cm³/mol. The molecule has 2 heterocycles. The number of hydrogen-bond donors (Lipinski definition) is 1. The molecule has 5 nitrogen and oxygen atoms in total. The Hall–Kier alpha value is -1.61. The lowest BCUT2D eigenvalue weighted by Gasteiger charge is -2.22. The molecule has 1 aliphatic rings. The van der Waals surface area contributed by atoms with Gasteiger partial charge < -0.3 is 15.1 Å². The van der Waals surface area contributed by atoms with Gasteiger partial charge in [-0.2, -0.15) is 0 Å². The quantitative estimate of drug-likeness (QED) is 0.345. The van der Waals surface area contributed by atoms with Crippen molar-refractivity contribution >= 4 is 52.9 Å². The number of amides is 1. The summed E-state index contributed by atoms with van der Waals surface area (Å²) in [6, 6.07) is 12.5. The number of hydrogen-bond acceptors (Lipinski definition) is 3.